The Hall–Kier alpha value is -1.84. The Morgan fingerprint density at radius 2 is 2.08 bits per heavy atom. The van der Waals surface area contributed by atoms with E-state index in [2.05, 4.69) is 10.6 Å². The number of benzene rings is 1. The zero-order valence-corrected chi connectivity index (χ0v) is 16.6. The van der Waals surface area contributed by atoms with E-state index in [0.29, 0.717) is 12.1 Å². The maximum Gasteiger partial charge on any atom is 0.262 e. The van der Waals surface area contributed by atoms with Crippen LogP contribution in [0.25, 0.3) is 0 Å². The van der Waals surface area contributed by atoms with Gasteiger partial charge in [0.15, 0.2) is 6.61 Å². The summed E-state index contributed by atoms with van der Waals surface area (Å²) in [7, 11) is -2.73. The molecule has 0 fully saturated rings. The molecule has 2 amide bonds. The molecule has 0 aromatic heterocycles. The van der Waals surface area contributed by atoms with Crippen LogP contribution in [0.1, 0.15) is 27.2 Å². The van der Waals surface area contributed by atoms with Gasteiger partial charge in [-0.05, 0) is 26.3 Å². The molecule has 0 bridgehead atoms. The van der Waals surface area contributed by atoms with Crippen LogP contribution in [0.5, 0.6) is 5.75 Å². The molecule has 0 radical (unpaired) electrons. The van der Waals surface area contributed by atoms with Gasteiger partial charge in [0.05, 0.1) is 17.3 Å². The minimum Gasteiger partial charge on any atom is -0.482 e. The number of nitrogens with one attached hydrogen (secondary N) is 2. The van der Waals surface area contributed by atoms with Crippen molar-refractivity contribution in [1.29, 1.82) is 0 Å². The van der Waals surface area contributed by atoms with Gasteiger partial charge in [-0.25, -0.2) is 8.42 Å². The fraction of sp³-hybridized carbons (Fsp3) is 0.500. The van der Waals surface area contributed by atoms with Gasteiger partial charge in [-0.2, -0.15) is 4.31 Å². The first-order valence-electron chi connectivity index (χ1n) is 8.00. The minimum atomic E-state index is -4.03. The number of amides is 2. The van der Waals surface area contributed by atoms with Gasteiger partial charge in [-0.15, -0.1) is 0 Å². The Kier molecular flexibility index (Phi) is 5.84. The Labute approximate surface area is 157 Å². The third-order valence-corrected chi connectivity index (χ3v) is 6.35. The fourth-order valence-corrected chi connectivity index (χ4v) is 3.88. The van der Waals surface area contributed by atoms with Crippen molar-refractivity contribution in [3.8, 4) is 5.75 Å². The quantitative estimate of drug-likeness (QED) is 0.750. The molecule has 144 valence electrons. The summed E-state index contributed by atoms with van der Waals surface area (Å²) in [6.07, 6.45) is 0.703. The molecular formula is C16H22ClN3O5S. The van der Waals surface area contributed by atoms with Crippen molar-refractivity contribution in [2.45, 2.75) is 37.6 Å². The van der Waals surface area contributed by atoms with Gasteiger partial charge in [-0.1, -0.05) is 18.5 Å². The van der Waals surface area contributed by atoms with Crippen LogP contribution in [-0.2, 0) is 19.6 Å². The first-order valence-corrected chi connectivity index (χ1v) is 9.81. The molecule has 0 aliphatic carbocycles. The number of carbonyl (C=O) groups is 2. The van der Waals surface area contributed by atoms with Gasteiger partial charge in [0.1, 0.15) is 10.6 Å². The molecule has 2 rings (SSSR count). The van der Waals surface area contributed by atoms with Crippen LogP contribution in [-0.4, -0.2) is 50.3 Å². The number of sulfonamides is 1. The number of likely N-dealkylation sites (N-methyl/N-ethyl adjacent to an activating group) is 1. The number of carbonyl (C=O) groups excluding carboxylic acids is 2. The van der Waals surface area contributed by atoms with E-state index in [1.165, 1.54) is 19.2 Å². The summed E-state index contributed by atoms with van der Waals surface area (Å²) in [4.78, 5) is 23.3. The molecule has 10 heteroatoms. The predicted molar refractivity (Wildman–Crippen MR) is 97.9 cm³/mol. The summed E-state index contributed by atoms with van der Waals surface area (Å²) in [6.45, 7) is 5.07. The maximum atomic E-state index is 12.8. The summed E-state index contributed by atoms with van der Waals surface area (Å²) in [5.74, 6) is -0.561. The van der Waals surface area contributed by atoms with Crippen LogP contribution in [0.15, 0.2) is 17.0 Å². The number of hydrogen-bond acceptors (Lipinski definition) is 5. The van der Waals surface area contributed by atoms with E-state index in [1.54, 1.807) is 0 Å². The highest BCUT2D eigenvalue weighted by Gasteiger charge is 2.29. The number of halogens is 1. The minimum absolute atomic E-state index is 0.0734. The first kappa shape index (κ1) is 20.5. The van der Waals surface area contributed by atoms with Crippen molar-refractivity contribution < 1.29 is 22.7 Å². The average molecular weight is 404 g/mol. The summed E-state index contributed by atoms with van der Waals surface area (Å²) in [5.41, 5.74) is -0.132. The second-order valence-corrected chi connectivity index (χ2v) is 9.08. The molecule has 0 saturated heterocycles. The van der Waals surface area contributed by atoms with Gasteiger partial charge >= 0.3 is 0 Å². The topological polar surface area (TPSA) is 105 Å². The molecule has 1 aliphatic rings. The normalized spacial score (nSPS) is 14.5. The third kappa shape index (κ3) is 4.46. The highest BCUT2D eigenvalue weighted by atomic mass is 35.5. The number of rotatable bonds is 6. The van der Waals surface area contributed by atoms with E-state index in [1.807, 2.05) is 20.8 Å². The summed E-state index contributed by atoms with van der Waals surface area (Å²) < 4.78 is 31.7. The van der Waals surface area contributed by atoms with E-state index in [-0.39, 0.29) is 34.7 Å². The van der Waals surface area contributed by atoms with Crippen LogP contribution in [0.4, 0.5) is 5.69 Å². The second-order valence-electron chi connectivity index (χ2n) is 6.66. The SMILES string of the molecule is CCC(C)(C)NC(=O)CN(C)S(=O)(=O)c1cc2c(cc1Cl)NC(=O)CO2. The molecule has 1 aliphatic heterocycles. The molecule has 0 unspecified atom stereocenters. The number of fused-ring (bicyclic) bond motifs is 1. The van der Waals surface area contributed by atoms with Gasteiger partial charge in [0.25, 0.3) is 5.91 Å². The molecule has 2 N–H and O–H groups in total. The van der Waals surface area contributed by atoms with Gasteiger partial charge < -0.3 is 15.4 Å². The van der Waals surface area contributed by atoms with E-state index in [0.717, 1.165) is 4.31 Å². The van der Waals surface area contributed by atoms with E-state index < -0.39 is 21.5 Å². The lowest BCUT2D eigenvalue weighted by atomic mass is 10.0. The highest BCUT2D eigenvalue weighted by Crippen LogP contribution is 2.36. The van der Waals surface area contributed by atoms with E-state index in [9.17, 15) is 18.0 Å². The van der Waals surface area contributed by atoms with Crippen LogP contribution < -0.4 is 15.4 Å². The zero-order chi connectivity index (χ0) is 19.7. The number of ether oxygens (including phenoxy) is 1. The van der Waals surface area contributed by atoms with Crippen molar-refractivity contribution in [3.05, 3.63) is 17.2 Å². The average Bonchev–Trinajstić information content (AvgIpc) is 2.53. The van der Waals surface area contributed by atoms with Crippen molar-refractivity contribution in [1.82, 2.24) is 9.62 Å². The Bertz CT molecular complexity index is 839. The van der Waals surface area contributed by atoms with Crippen LogP contribution >= 0.6 is 11.6 Å². The highest BCUT2D eigenvalue weighted by molar-refractivity contribution is 7.89. The predicted octanol–water partition coefficient (Wildman–Crippen LogP) is 1.60. The molecule has 26 heavy (non-hydrogen) atoms. The lowest BCUT2D eigenvalue weighted by Crippen LogP contribution is -2.47. The standard InChI is InChI=1S/C16H22ClN3O5S/c1-5-16(2,3)19-14(21)8-20(4)26(23,24)13-7-12-11(6-10(13)17)18-15(22)9-25-12/h6-7H,5,8-9H2,1-4H3,(H,18,22)(H,19,21). The second kappa shape index (κ2) is 7.42. The fourth-order valence-electron chi connectivity index (χ4n) is 2.24. The van der Waals surface area contributed by atoms with Gasteiger partial charge in [-0.3, -0.25) is 9.59 Å². The number of anilines is 1. The Morgan fingerprint density at radius 1 is 1.42 bits per heavy atom. The largest absolute Gasteiger partial charge is 0.482 e. The van der Waals surface area contributed by atoms with Crippen molar-refractivity contribution in [3.63, 3.8) is 0 Å². The summed E-state index contributed by atoms with van der Waals surface area (Å²) >= 11 is 6.09. The molecule has 1 heterocycles. The Morgan fingerprint density at radius 3 is 2.69 bits per heavy atom. The molecular weight excluding hydrogens is 382 g/mol. The van der Waals surface area contributed by atoms with Gasteiger partial charge in [0.2, 0.25) is 15.9 Å². The van der Waals surface area contributed by atoms with Crippen LogP contribution in [0, 0.1) is 0 Å². The number of nitrogens with zero attached hydrogens (tertiary/aromatic N) is 1. The lowest BCUT2D eigenvalue weighted by molar-refractivity contribution is -0.122. The molecule has 1 aromatic carbocycles. The molecule has 8 nitrogen and oxygen atoms in total. The van der Waals surface area contributed by atoms with E-state index >= 15 is 0 Å². The maximum absolute atomic E-state index is 12.8. The lowest BCUT2D eigenvalue weighted by Gasteiger charge is -2.26. The van der Waals surface area contributed by atoms with Crippen LogP contribution in [0.3, 0.4) is 0 Å². The van der Waals surface area contributed by atoms with E-state index in [4.69, 9.17) is 16.3 Å². The molecule has 0 saturated carbocycles. The first-order chi connectivity index (χ1) is 12.0. The van der Waals surface area contributed by atoms with Gasteiger partial charge in [0, 0.05) is 18.7 Å². The van der Waals surface area contributed by atoms with Crippen molar-refractivity contribution >= 4 is 39.1 Å². The smallest absolute Gasteiger partial charge is 0.262 e. The zero-order valence-electron chi connectivity index (χ0n) is 15.1. The summed E-state index contributed by atoms with van der Waals surface area (Å²) in [6, 6.07) is 2.56. The van der Waals surface area contributed by atoms with Crippen molar-refractivity contribution in [2.75, 3.05) is 25.5 Å². The molecule has 0 atom stereocenters. The third-order valence-electron chi connectivity index (χ3n) is 4.08. The van der Waals surface area contributed by atoms with Crippen molar-refractivity contribution in [2.24, 2.45) is 0 Å². The summed E-state index contributed by atoms with van der Waals surface area (Å²) in [5, 5.41) is 5.26. The number of hydrogen-bond donors (Lipinski definition) is 2. The molecule has 0 spiro atoms. The Balaban J connectivity index is 2.24. The molecule has 1 aromatic rings. The van der Waals surface area contributed by atoms with Crippen LogP contribution in [0.2, 0.25) is 5.02 Å². The monoisotopic (exact) mass is 403 g/mol.